The number of fused-ring (bicyclic) bond motifs is 1. The predicted octanol–water partition coefficient (Wildman–Crippen LogP) is 2.53. The Bertz CT molecular complexity index is 662. The highest BCUT2D eigenvalue weighted by atomic mass is 16.5. The van der Waals surface area contributed by atoms with Crippen LogP contribution in [0.1, 0.15) is 12.0 Å². The first kappa shape index (κ1) is 11.7. The first-order valence-electron chi connectivity index (χ1n) is 6.08. The van der Waals surface area contributed by atoms with Gasteiger partial charge in [-0.15, -0.1) is 0 Å². The Morgan fingerprint density at radius 2 is 1.89 bits per heavy atom. The lowest BCUT2D eigenvalue weighted by atomic mass is 9.86. The van der Waals surface area contributed by atoms with E-state index in [2.05, 4.69) is 6.58 Å². The minimum atomic E-state index is -0.489. The van der Waals surface area contributed by atoms with E-state index in [1.807, 2.05) is 24.3 Å². The summed E-state index contributed by atoms with van der Waals surface area (Å²) in [5.74, 6) is -0.173. The van der Waals surface area contributed by atoms with Gasteiger partial charge in [-0.3, -0.25) is 9.59 Å². The normalized spacial score (nSPS) is 18.4. The fraction of sp³-hybridized carbons (Fsp3) is 0.125. The van der Waals surface area contributed by atoms with E-state index in [1.165, 1.54) is 0 Å². The molecular weight excluding hydrogens is 240 g/mol. The van der Waals surface area contributed by atoms with Gasteiger partial charge < -0.3 is 4.74 Å². The highest BCUT2D eigenvalue weighted by molar-refractivity contribution is 6.50. The molecular formula is C16H12O3. The van der Waals surface area contributed by atoms with Crippen molar-refractivity contribution in [2.24, 2.45) is 0 Å². The summed E-state index contributed by atoms with van der Waals surface area (Å²) in [5, 5.41) is 0. The molecule has 3 rings (SSSR count). The van der Waals surface area contributed by atoms with Crippen molar-refractivity contribution < 1.29 is 14.3 Å². The SMILES string of the molecule is C=C1CC=C(C2=COc3ccccc3C2)C(=O)C1=O. The molecule has 0 unspecified atom stereocenters. The number of para-hydroxylation sites is 1. The Morgan fingerprint density at radius 1 is 1.11 bits per heavy atom. The van der Waals surface area contributed by atoms with Crippen molar-refractivity contribution in [3.63, 3.8) is 0 Å². The number of Topliss-reactive ketones (excluding diaryl/α,β-unsaturated/α-hetero) is 2. The van der Waals surface area contributed by atoms with Crippen LogP contribution in [0.5, 0.6) is 5.75 Å². The molecule has 0 fully saturated rings. The zero-order valence-electron chi connectivity index (χ0n) is 10.3. The van der Waals surface area contributed by atoms with Crippen molar-refractivity contribution >= 4 is 11.6 Å². The minimum Gasteiger partial charge on any atom is -0.464 e. The predicted molar refractivity (Wildman–Crippen MR) is 70.7 cm³/mol. The summed E-state index contributed by atoms with van der Waals surface area (Å²) < 4.78 is 5.51. The molecule has 0 bridgehead atoms. The molecule has 1 aromatic rings. The number of hydrogen-bond donors (Lipinski definition) is 0. The van der Waals surface area contributed by atoms with E-state index < -0.39 is 11.6 Å². The summed E-state index contributed by atoms with van der Waals surface area (Å²) in [6.07, 6.45) is 4.36. The van der Waals surface area contributed by atoms with Gasteiger partial charge in [0.05, 0.1) is 6.26 Å². The van der Waals surface area contributed by atoms with E-state index in [-0.39, 0.29) is 0 Å². The average molecular weight is 252 g/mol. The summed E-state index contributed by atoms with van der Waals surface area (Å²) in [7, 11) is 0. The van der Waals surface area contributed by atoms with Crippen LogP contribution >= 0.6 is 0 Å². The fourth-order valence-corrected chi connectivity index (χ4v) is 2.28. The number of allylic oxidation sites excluding steroid dienone is 4. The fourth-order valence-electron chi connectivity index (χ4n) is 2.28. The summed E-state index contributed by atoms with van der Waals surface area (Å²) >= 11 is 0. The van der Waals surface area contributed by atoms with Crippen LogP contribution in [0.3, 0.4) is 0 Å². The minimum absolute atomic E-state index is 0.353. The summed E-state index contributed by atoms with van der Waals surface area (Å²) in [5.41, 5.74) is 2.58. The molecule has 1 aromatic carbocycles. The molecule has 1 aliphatic carbocycles. The van der Waals surface area contributed by atoms with Crippen LogP contribution in [0.4, 0.5) is 0 Å². The van der Waals surface area contributed by atoms with Gasteiger partial charge in [0.2, 0.25) is 11.6 Å². The molecule has 0 amide bonds. The lowest BCUT2D eigenvalue weighted by Gasteiger charge is -2.20. The third kappa shape index (κ3) is 1.93. The lowest BCUT2D eigenvalue weighted by molar-refractivity contribution is -0.132. The zero-order valence-corrected chi connectivity index (χ0v) is 10.3. The Morgan fingerprint density at radius 3 is 2.74 bits per heavy atom. The number of benzene rings is 1. The molecule has 0 radical (unpaired) electrons. The second-order valence-corrected chi connectivity index (χ2v) is 4.63. The number of carbonyl (C=O) groups excluding carboxylic acids is 2. The third-order valence-corrected chi connectivity index (χ3v) is 3.35. The smallest absolute Gasteiger partial charge is 0.233 e. The van der Waals surface area contributed by atoms with Gasteiger partial charge in [0.15, 0.2) is 0 Å². The molecule has 1 heterocycles. The average Bonchev–Trinajstić information content (AvgIpc) is 2.44. The molecule has 3 heteroatoms. The van der Waals surface area contributed by atoms with Crippen LogP contribution < -0.4 is 4.74 Å². The number of ketones is 2. The number of rotatable bonds is 1. The van der Waals surface area contributed by atoms with Crippen LogP contribution in [0.15, 0.2) is 59.9 Å². The number of carbonyl (C=O) groups is 2. The second-order valence-electron chi connectivity index (χ2n) is 4.63. The molecule has 0 atom stereocenters. The first-order chi connectivity index (χ1) is 9.16. The zero-order chi connectivity index (χ0) is 13.4. The second kappa shape index (κ2) is 4.35. The molecule has 19 heavy (non-hydrogen) atoms. The van der Waals surface area contributed by atoms with Gasteiger partial charge in [-0.25, -0.2) is 0 Å². The highest BCUT2D eigenvalue weighted by Crippen LogP contribution is 2.31. The molecule has 2 aliphatic rings. The van der Waals surface area contributed by atoms with Crippen molar-refractivity contribution in [1.29, 1.82) is 0 Å². The van der Waals surface area contributed by atoms with Crippen molar-refractivity contribution in [3.8, 4) is 5.75 Å². The van der Waals surface area contributed by atoms with Gasteiger partial charge in [-0.05, 0) is 18.1 Å². The van der Waals surface area contributed by atoms with Crippen molar-refractivity contribution in [3.05, 3.63) is 65.5 Å². The standard InChI is InChI=1S/C16H12O3/c1-10-6-7-13(16(18)15(10)17)12-8-11-4-2-3-5-14(11)19-9-12/h2-5,7,9H,1,6,8H2. The lowest BCUT2D eigenvalue weighted by Crippen LogP contribution is -2.24. The van der Waals surface area contributed by atoms with Gasteiger partial charge >= 0.3 is 0 Å². The Balaban J connectivity index is 1.93. The van der Waals surface area contributed by atoms with Gasteiger partial charge in [-0.1, -0.05) is 30.9 Å². The molecule has 0 N–H and O–H groups in total. The van der Waals surface area contributed by atoms with E-state index in [0.717, 1.165) is 16.9 Å². The van der Waals surface area contributed by atoms with Crippen LogP contribution in [0.2, 0.25) is 0 Å². The summed E-state index contributed by atoms with van der Waals surface area (Å²) in [6.45, 7) is 3.60. The van der Waals surface area contributed by atoms with Crippen LogP contribution in [0, 0.1) is 0 Å². The quantitative estimate of drug-likeness (QED) is 0.570. The van der Waals surface area contributed by atoms with E-state index in [4.69, 9.17) is 4.74 Å². The van der Waals surface area contributed by atoms with Crippen molar-refractivity contribution in [2.75, 3.05) is 0 Å². The summed E-state index contributed by atoms with van der Waals surface area (Å²) in [4.78, 5) is 23.6. The van der Waals surface area contributed by atoms with Gasteiger partial charge in [0, 0.05) is 23.1 Å². The van der Waals surface area contributed by atoms with E-state index in [0.29, 0.717) is 24.0 Å². The Labute approximate surface area is 110 Å². The highest BCUT2D eigenvalue weighted by Gasteiger charge is 2.29. The monoisotopic (exact) mass is 252 g/mol. The largest absolute Gasteiger partial charge is 0.464 e. The number of ether oxygens (including phenoxy) is 1. The maximum Gasteiger partial charge on any atom is 0.233 e. The van der Waals surface area contributed by atoms with Crippen LogP contribution in [0.25, 0.3) is 0 Å². The van der Waals surface area contributed by atoms with Crippen molar-refractivity contribution in [2.45, 2.75) is 12.8 Å². The topological polar surface area (TPSA) is 43.4 Å². The molecule has 0 saturated carbocycles. The Hall–Kier alpha value is -2.42. The Kier molecular flexibility index (Phi) is 2.67. The molecule has 94 valence electrons. The van der Waals surface area contributed by atoms with E-state index >= 15 is 0 Å². The first-order valence-corrected chi connectivity index (χ1v) is 6.08. The number of hydrogen-bond acceptors (Lipinski definition) is 3. The molecule has 0 spiro atoms. The van der Waals surface area contributed by atoms with E-state index in [9.17, 15) is 9.59 Å². The van der Waals surface area contributed by atoms with Crippen molar-refractivity contribution in [1.82, 2.24) is 0 Å². The molecule has 0 aromatic heterocycles. The summed E-state index contributed by atoms with van der Waals surface area (Å²) in [6, 6.07) is 7.66. The van der Waals surface area contributed by atoms with Gasteiger partial charge in [0.25, 0.3) is 0 Å². The van der Waals surface area contributed by atoms with E-state index in [1.54, 1.807) is 12.3 Å². The molecule has 1 aliphatic heterocycles. The van der Waals surface area contributed by atoms with Gasteiger partial charge in [-0.2, -0.15) is 0 Å². The molecule has 0 saturated heterocycles. The molecule has 3 nitrogen and oxygen atoms in total. The van der Waals surface area contributed by atoms with Gasteiger partial charge in [0.1, 0.15) is 5.75 Å². The van der Waals surface area contributed by atoms with Crippen LogP contribution in [-0.2, 0) is 16.0 Å². The maximum absolute atomic E-state index is 12.0. The van der Waals surface area contributed by atoms with Crippen LogP contribution in [-0.4, -0.2) is 11.6 Å². The maximum atomic E-state index is 12.0. The third-order valence-electron chi connectivity index (χ3n) is 3.35.